The molecule has 9 heteroatoms. The lowest BCUT2D eigenvalue weighted by atomic mass is 9.76. The minimum atomic E-state index is -0.250. The molecule has 4 heterocycles. The van der Waals surface area contributed by atoms with Gasteiger partial charge in [0.1, 0.15) is 6.10 Å². The largest absolute Gasteiger partial charge is 0.483 e. The highest BCUT2D eigenvalue weighted by Gasteiger charge is 2.50. The second-order valence-electron chi connectivity index (χ2n) is 10.3. The van der Waals surface area contributed by atoms with Crippen LogP contribution in [0.3, 0.4) is 0 Å². The molecular weight excluding hydrogens is 460 g/mol. The normalized spacial score (nSPS) is 24.8. The number of piperazine rings is 1. The Hall–Kier alpha value is -2.36. The number of likely N-dealkylation sites (tertiary alicyclic amines) is 1. The van der Waals surface area contributed by atoms with Crippen LogP contribution in [0.4, 0.5) is 11.4 Å². The maximum atomic E-state index is 12.7. The van der Waals surface area contributed by atoms with Crippen molar-refractivity contribution >= 4 is 23.8 Å². The minimum absolute atomic E-state index is 0.0767. The van der Waals surface area contributed by atoms with Crippen molar-refractivity contribution in [2.75, 3.05) is 88.5 Å². The number of nitrogens with zero attached hydrogens (tertiary/aromatic N) is 4. The van der Waals surface area contributed by atoms with Crippen molar-refractivity contribution in [1.82, 2.24) is 9.80 Å². The highest BCUT2D eigenvalue weighted by atomic mass is 16.6. The molecule has 4 fully saturated rings. The van der Waals surface area contributed by atoms with Crippen LogP contribution in [0.5, 0.6) is 0 Å². The second kappa shape index (κ2) is 12.7. The van der Waals surface area contributed by atoms with Crippen LogP contribution in [-0.4, -0.2) is 112 Å². The van der Waals surface area contributed by atoms with Gasteiger partial charge in [-0.15, -0.1) is 0 Å². The van der Waals surface area contributed by atoms with Gasteiger partial charge in [-0.1, -0.05) is 19.1 Å². The van der Waals surface area contributed by atoms with Crippen LogP contribution in [0.1, 0.15) is 32.6 Å². The van der Waals surface area contributed by atoms with E-state index in [0.29, 0.717) is 0 Å². The molecule has 5 rings (SSSR count). The van der Waals surface area contributed by atoms with E-state index < -0.39 is 0 Å². The van der Waals surface area contributed by atoms with Gasteiger partial charge in [0.25, 0.3) is 6.47 Å². The molecule has 0 radical (unpaired) electrons. The van der Waals surface area contributed by atoms with E-state index in [1.54, 1.807) is 0 Å². The van der Waals surface area contributed by atoms with Crippen molar-refractivity contribution in [3.8, 4) is 0 Å². The summed E-state index contributed by atoms with van der Waals surface area (Å²) in [6, 6.07) is 8.82. The van der Waals surface area contributed by atoms with Gasteiger partial charge in [0.05, 0.1) is 30.0 Å². The van der Waals surface area contributed by atoms with Crippen LogP contribution in [0.15, 0.2) is 24.3 Å². The molecule has 0 amide bonds. The molecule has 1 spiro atoms. The van der Waals surface area contributed by atoms with Crippen LogP contribution in [-0.2, 0) is 19.1 Å². The first-order chi connectivity index (χ1) is 17.6. The fraction of sp³-hybridized carbons (Fsp3) is 0.704. The Morgan fingerprint density at radius 3 is 2.11 bits per heavy atom. The number of piperidine rings is 1. The number of benzene rings is 1. The Labute approximate surface area is 214 Å². The van der Waals surface area contributed by atoms with E-state index in [1.165, 1.54) is 11.4 Å². The molecule has 1 aromatic carbocycles. The number of carboxylic acid groups (broad SMARTS) is 1. The van der Waals surface area contributed by atoms with Gasteiger partial charge in [0.2, 0.25) is 0 Å². The summed E-state index contributed by atoms with van der Waals surface area (Å²) in [6.07, 6.45) is 3.94. The summed E-state index contributed by atoms with van der Waals surface area (Å²) in [5.41, 5.74) is 2.49. The number of hydrogen-bond donors (Lipinski definition) is 1. The quantitative estimate of drug-likeness (QED) is 0.465. The molecule has 0 bridgehead atoms. The van der Waals surface area contributed by atoms with Crippen molar-refractivity contribution in [2.45, 2.75) is 38.7 Å². The number of carbonyl (C=O) groups excluding carboxylic acids is 1. The average Bonchev–Trinajstić information content (AvgIpc) is 3.23. The van der Waals surface area contributed by atoms with E-state index in [1.807, 2.05) is 0 Å². The van der Waals surface area contributed by atoms with Crippen molar-refractivity contribution in [3.63, 3.8) is 0 Å². The molecular formula is C27H42N4O5. The molecule has 0 saturated carbocycles. The van der Waals surface area contributed by atoms with Crippen LogP contribution in [0.25, 0.3) is 0 Å². The van der Waals surface area contributed by atoms with Crippen LogP contribution in [0.2, 0.25) is 0 Å². The van der Waals surface area contributed by atoms with Gasteiger partial charge in [0.15, 0.2) is 0 Å². The third kappa shape index (κ3) is 6.30. The summed E-state index contributed by atoms with van der Waals surface area (Å²) < 4.78 is 11.4. The lowest BCUT2D eigenvalue weighted by molar-refractivity contribution is -0.151. The SMILES string of the molecule is CCN1CCC2(CC1)CC(CCN1CCN(c3ccccc3N3CCOCC3)CC1)OC2=O.O=CO. The van der Waals surface area contributed by atoms with Crippen LogP contribution < -0.4 is 9.80 Å². The lowest BCUT2D eigenvalue weighted by Crippen LogP contribution is -2.47. The number of para-hydroxylation sites is 2. The van der Waals surface area contributed by atoms with Crippen molar-refractivity contribution in [1.29, 1.82) is 0 Å². The van der Waals surface area contributed by atoms with Gasteiger partial charge in [-0.25, -0.2) is 0 Å². The van der Waals surface area contributed by atoms with Gasteiger partial charge in [0, 0.05) is 52.2 Å². The average molecular weight is 503 g/mol. The molecule has 0 aromatic heterocycles. The van der Waals surface area contributed by atoms with Crippen LogP contribution >= 0.6 is 0 Å². The fourth-order valence-corrected chi connectivity index (χ4v) is 6.05. The summed E-state index contributed by atoms with van der Waals surface area (Å²) in [5.74, 6) is 0.0767. The first-order valence-corrected chi connectivity index (χ1v) is 13.5. The molecule has 9 nitrogen and oxygen atoms in total. The standard InChI is InChI=1S/C26H40N4O3.CH2O2/c1-2-27-11-8-26(9-12-27)21-22(33-25(26)31)7-10-28-13-15-29(16-14-28)23-5-3-4-6-24(23)30-17-19-32-20-18-30;2-1-3/h3-6,22H,2,7-21H2,1H3;1H,(H,2,3). The summed E-state index contributed by atoms with van der Waals surface area (Å²) in [6.45, 7) is 13.9. The highest BCUT2D eigenvalue weighted by molar-refractivity contribution is 5.79. The number of anilines is 2. The summed E-state index contributed by atoms with van der Waals surface area (Å²) in [4.78, 5) is 31.0. The summed E-state index contributed by atoms with van der Waals surface area (Å²) in [5, 5.41) is 6.89. The van der Waals surface area contributed by atoms with Crippen molar-refractivity contribution < 1.29 is 24.2 Å². The Morgan fingerprint density at radius 1 is 0.944 bits per heavy atom. The molecule has 1 aromatic rings. The third-order valence-corrected chi connectivity index (χ3v) is 8.30. The maximum absolute atomic E-state index is 12.7. The smallest absolute Gasteiger partial charge is 0.312 e. The van der Waals surface area contributed by atoms with E-state index in [9.17, 15) is 4.79 Å². The van der Waals surface area contributed by atoms with Gasteiger partial charge in [-0.2, -0.15) is 0 Å². The van der Waals surface area contributed by atoms with Gasteiger partial charge in [-0.3, -0.25) is 14.5 Å². The highest BCUT2D eigenvalue weighted by Crippen LogP contribution is 2.43. The van der Waals surface area contributed by atoms with Crippen LogP contribution in [0, 0.1) is 5.41 Å². The molecule has 4 aliphatic heterocycles. The monoisotopic (exact) mass is 502 g/mol. The van der Waals surface area contributed by atoms with E-state index in [0.717, 1.165) is 104 Å². The summed E-state index contributed by atoms with van der Waals surface area (Å²) in [7, 11) is 0. The predicted molar refractivity (Wildman–Crippen MR) is 140 cm³/mol. The fourth-order valence-electron chi connectivity index (χ4n) is 6.05. The molecule has 0 aliphatic carbocycles. The van der Waals surface area contributed by atoms with Gasteiger partial charge in [-0.05, 0) is 51.0 Å². The topological polar surface area (TPSA) is 85.8 Å². The van der Waals surface area contributed by atoms with E-state index >= 15 is 0 Å². The molecule has 1 unspecified atom stereocenters. The third-order valence-electron chi connectivity index (χ3n) is 8.30. The van der Waals surface area contributed by atoms with Gasteiger partial charge < -0.3 is 29.3 Å². The van der Waals surface area contributed by atoms with Gasteiger partial charge >= 0.3 is 5.97 Å². The minimum Gasteiger partial charge on any atom is -0.483 e. The van der Waals surface area contributed by atoms with E-state index in [-0.39, 0.29) is 24.0 Å². The molecule has 4 aliphatic rings. The number of cyclic esters (lactones) is 1. The zero-order valence-electron chi connectivity index (χ0n) is 21.6. The van der Waals surface area contributed by atoms with Crippen molar-refractivity contribution in [2.24, 2.45) is 5.41 Å². The van der Waals surface area contributed by atoms with E-state index in [4.69, 9.17) is 19.4 Å². The Kier molecular flexibility index (Phi) is 9.45. The molecule has 1 N–H and O–H groups in total. The Morgan fingerprint density at radius 2 is 1.53 bits per heavy atom. The Balaban J connectivity index is 0.000000967. The number of rotatable bonds is 6. The number of hydrogen-bond acceptors (Lipinski definition) is 8. The molecule has 4 saturated heterocycles. The number of carbonyl (C=O) groups is 2. The maximum Gasteiger partial charge on any atom is 0.312 e. The summed E-state index contributed by atoms with van der Waals surface area (Å²) >= 11 is 0. The number of morpholine rings is 1. The molecule has 200 valence electrons. The number of ether oxygens (including phenoxy) is 2. The zero-order valence-corrected chi connectivity index (χ0v) is 21.6. The number of esters is 1. The lowest BCUT2D eigenvalue weighted by Gasteiger charge is -2.39. The molecule has 36 heavy (non-hydrogen) atoms. The molecule has 1 atom stereocenters. The second-order valence-corrected chi connectivity index (χ2v) is 10.3. The first kappa shape index (κ1) is 26.7. The van der Waals surface area contributed by atoms with Crippen molar-refractivity contribution in [3.05, 3.63) is 24.3 Å². The zero-order chi connectivity index (χ0) is 25.4. The van der Waals surface area contributed by atoms with E-state index in [2.05, 4.69) is 50.8 Å². The first-order valence-electron chi connectivity index (χ1n) is 13.5. The predicted octanol–water partition coefficient (Wildman–Crippen LogP) is 2.15. The Bertz CT molecular complexity index is 846.